The number of hydrogen-bond acceptors (Lipinski definition) is 5. The number of aromatic nitrogens is 2. The maximum absolute atomic E-state index is 14.1. The van der Waals surface area contributed by atoms with Gasteiger partial charge in [-0.3, -0.25) is 9.97 Å². The molecular weight excluding hydrogens is 335 g/mol. The van der Waals surface area contributed by atoms with Crippen LogP contribution in [0.3, 0.4) is 0 Å². The van der Waals surface area contributed by atoms with Gasteiger partial charge in [0.25, 0.3) is 0 Å². The fraction of sp³-hybridized carbons (Fsp3) is 0.200. The van der Waals surface area contributed by atoms with Gasteiger partial charge < -0.3 is 14.2 Å². The minimum Gasteiger partial charge on any atom is -0.497 e. The molecule has 0 atom stereocenters. The summed E-state index contributed by atoms with van der Waals surface area (Å²) in [4.78, 5) is 8.40. The number of rotatable bonds is 6. The van der Waals surface area contributed by atoms with Gasteiger partial charge in [0.1, 0.15) is 29.7 Å². The Labute approximate surface area is 151 Å². The van der Waals surface area contributed by atoms with Crippen molar-refractivity contribution >= 4 is 0 Å². The third kappa shape index (κ3) is 4.27. The second-order valence-electron chi connectivity index (χ2n) is 5.71. The number of methoxy groups -OCH3 is 2. The fourth-order valence-electron chi connectivity index (χ4n) is 2.44. The van der Waals surface area contributed by atoms with Gasteiger partial charge in [0, 0.05) is 18.3 Å². The van der Waals surface area contributed by atoms with Gasteiger partial charge in [-0.05, 0) is 42.3 Å². The largest absolute Gasteiger partial charge is 0.497 e. The number of ether oxygens (including phenoxy) is 3. The molecule has 0 fully saturated rings. The third-order valence-electron chi connectivity index (χ3n) is 3.78. The van der Waals surface area contributed by atoms with Crippen LogP contribution in [-0.2, 0) is 6.61 Å². The van der Waals surface area contributed by atoms with Gasteiger partial charge in [0.15, 0.2) is 0 Å². The quantitative estimate of drug-likeness (QED) is 0.664. The molecule has 0 N–H and O–H groups in total. The van der Waals surface area contributed by atoms with Crippen LogP contribution in [0.2, 0.25) is 0 Å². The molecule has 0 unspecified atom stereocenters. The number of halogens is 1. The highest BCUT2D eigenvalue weighted by Gasteiger charge is 2.09. The summed E-state index contributed by atoms with van der Waals surface area (Å²) in [5, 5.41) is 0. The summed E-state index contributed by atoms with van der Waals surface area (Å²) in [5.74, 6) is 1.26. The highest BCUT2D eigenvalue weighted by Crippen LogP contribution is 2.32. The van der Waals surface area contributed by atoms with Crippen LogP contribution >= 0.6 is 0 Å². The maximum Gasteiger partial charge on any atom is 0.132 e. The van der Waals surface area contributed by atoms with E-state index < -0.39 is 5.82 Å². The number of benzene rings is 2. The first-order valence-corrected chi connectivity index (χ1v) is 8.02. The summed E-state index contributed by atoms with van der Waals surface area (Å²) in [6.45, 7) is 2.07. The Bertz CT molecular complexity index is 876. The summed E-state index contributed by atoms with van der Waals surface area (Å²) in [5.41, 5.74) is 2.92. The van der Waals surface area contributed by atoms with Crippen molar-refractivity contribution in [3.8, 4) is 28.4 Å². The summed E-state index contributed by atoms with van der Waals surface area (Å²) in [6, 6.07) is 9.92. The van der Waals surface area contributed by atoms with Gasteiger partial charge in [-0.1, -0.05) is 0 Å². The summed E-state index contributed by atoms with van der Waals surface area (Å²) in [7, 11) is 3.14. The van der Waals surface area contributed by atoms with Crippen LogP contribution < -0.4 is 14.2 Å². The molecule has 0 spiro atoms. The second kappa shape index (κ2) is 7.82. The van der Waals surface area contributed by atoms with Gasteiger partial charge in [-0.15, -0.1) is 0 Å². The zero-order chi connectivity index (χ0) is 18.5. The van der Waals surface area contributed by atoms with Crippen LogP contribution in [-0.4, -0.2) is 24.2 Å². The van der Waals surface area contributed by atoms with Crippen molar-refractivity contribution in [1.29, 1.82) is 0 Å². The Kier molecular flexibility index (Phi) is 5.31. The molecule has 3 aromatic rings. The summed E-state index contributed by atoms with van der Waals surface area (Å²) >= 11 is 0. The third-order valence-corrected chi connectivity index (χ3v) is 3.78. The monoisotopic (exact) mass is 354 g/mol. The number of hydrogen-bond donors (Lipinski definition) is 0. The van der Waals surface area contributed by atoms with Crippen molar-refractivity contribution in [2.24, 2.45) is 0 Å². The molecule has 0 radical (unpaired) electrons. The smallest absolute Gasteiger partial charge is 0.132 e. The van der Waals surface area contributed by atoms with Gasteiger partial charge in [0.2, 0.25) is 0 Å². The van der Waals surface area contributed by atoms with E-state index in [0.717, 1.165) is 11.3 Å². The van der Waals surface area contributed by atoms with Gasteiger partial charge in [-0.2, -0.15) is 0 Å². The zero-order valence-corrected chi connectivity index (χ0v) is 14.8. The number of nitrogens with zero attached hydrogens (tertiary/aromatic N) is 2. The van der Waals surface area contributed by atoms with E-state index in [0.29, 0.717) is 28.5 Å². The lowest BCUT2D eigenvalue weighted by Crippen LogP contribution is -2.00. The molecule has 0 aliphatic rings. The molecule has 0 saturated heterocycles. The molecule has 3 rings (SSSR count). The van der Waals surface area contributed by atoms with Gasteiger partial charge in [-0.25, -0.2) is 4.39 Å². The Balaban J connectivity index is 1.86. The normalized spacial score (nSPS) is 10.5. The molecule has 1 heterocycles. The minimum absolute atomic E-state index is 0.206. The molecule has 2 aromatic carbocycles. The van der Waals surface area contributed by atoms with Crippen LogP contribution in [0.1, 0.15) is 11.4 Å². The summed E-state index contributed by atoms with van der Waals surface area (Å²) in [6.07, 6.45) is 3.31. The standard InChI is InChI=1S/C20H19FN2O3/c1-13-10-23-17(11-22-13)12-26-20-7-14(4-16(21)8-20)15-5-18(24-2)9-19(6-15)25-3/h4-11H,12H2,1-3H3. The van der Waals surface area contributed by atoms with Crippen LogP contribution in [0, 0.1) is 12.7 Å². The highest BCUT2D eigenvalue weighted by atomic mass is 19.1. The van der Waals surface area contributed by atoms with Crippen LogP contribution in [0.15, 0.2) is 48.8 Å². The van der Waals surface area contributed by atoms with Gasteiger partial charge in [0.05, 0.1) is 31.8 Å². The lowest BCUT2D eigenvalue weighted by molar-refractivity contribution is 0.299. The molecule has 0 amide bonds. The molecular formula is C20H19FN2O3. The van der Waals surface area contributed by atoms with E-state index in [1.807, 2.05) is 19.1 Å². The first-order chi connectivity index (χ1) is 12.6. The molecule has 0 aliphatic heterocycles. The lowest BCUT2D eigenvalue weighted by atomic mass is 10.0. The zero-order valence-electron chi connectivity index (χ0n) is 14.8. The topological polar surface area (TPSA) is 53.5 Å². The molecule has 134 valence electrons. The van der Waals surface area contributed by atoms with Crippen molar-refractivity contribution in [3.63, 3.8) is 0 Å². The van der Waals surface area contributed by atoms with E-state index in [2.05, 4.69) is 9.97 Å². The van der Waals surface area contributed by atoms with E-state index in [4.69, 9.17) is 14.2 Å². The van der Waals surface area contributed by atoms with Crippen LogP contribution in [0.4, 0.5) is 4.39 Å². The van der Waals surface area contributed by atoms with E-state index in [1.54, 1.807) is 38.7 Å². The maximum atomic E-state index is 14.1. The SMILES string of the molecule is COc1cc(OC)cc(-c2cc(F)cc(OCc3cnc(C)cn3)c2)c1. The molecule has 5 nitrogen and oxygen atoms in total. The fourth-order valence-corrected chi connectivity index (χ4v) is 2.44. The van der Waals surface area contributed by atoms with Gasteiger partial charge >= 0.3 is 0 Å². The Hall–Kier alpha value is -3.15. The first kappa shape index (κ1) is 17.7. The van der Waals surface area contributed by atoms with Crippen molar-refractivity contribution in [2.75, 3.05) is 14.2 Å². The van der Waals surface area contributed by atoms with Crippen molar-refractivity contribution < 1.29 is 18.6 Å². The van der Waals surface area contributed by atoms with Crippen LogP contribution in [0.25, 0.3) is 11.1 Å². The number of aryl methyl sites for hydroxylation is 1. The van der Waals surface area contributed by atoms with Crippen LogP contribution in [0.5, 0.6) is 17.2 Å². The summed E-state index contributed by atoms with van der Waals surface area (Å²) < 4.78 is 30.3. The molecule has 0 aliphatic carbocycles. The minimum atomic E-state index is -0.394. The lowest BCUT2D eigenvalue weighted by Gasteiger charge is -2.11. The van der Waals surface area contributed by atoms with E-state index in [9.17, 15) is 4.39 Å². The van der Waals surface area contributed by atoms with Crippen molar-refractivity contribution in [2.45, 2.75) is 13.5 Å². The second-order valence-corrected chi connectivity index (χ2v) is 5.71. The molecule has 0 saturated carbocycles. The first-order valence-electron chi connectivity index (χ1n) is 8.02. The predicted octanol–water partition coefficient (Wildman–Crippen LogP) is 4.19. The molecule has 1 aromatic heterocycles. The van der Waals surface area contributed by atoms with E-state index in [-0.39, 0.29) is 6.61 Å². The predicted molar refractivity (Wildman–Crippen MR) is 96.0 cm³/mol. The Morgan fingerprint density at radius 1 is 0.808 bits per heavy atom. The molecule has 0 bridgehead atoms. The van der Waals surface area contributed by atoms with E-state index >= 15 is 0 Å². The molecule has 6 heteroatoms. The Morgan fingerprint density at radius 3 is 2.08 bits per heavy atom. The average Bonchev–Trinajstić information content (AvgIpc) is 2.66. The highest BCUT2D eigenvalue weighted by molar-refractivity contribution is 5.68. The van der Waals surface area contributed by atoms with E-state index in [1.165, 1.54) is 12.1 Å². The average molecular weight is 354 g/mol. The molecule has 26 heavy (non-hydrogen) atoms. The van der Waals surface area contributed by atoms with Crippen molar-refractivity contribution in [1.82, 2.24) is 9.97 Å². The van der Waals surface area contributed by atoms with Crippen molar-refractivity contribution in [3.05, 3.63) is 66.0 Å². The Morgan fingerprint density at radius 2 is 1.46 bits per heavy atom.